The summed E-state index contributed by atoms with van der Waals surface area (Å²) in [4.78, 5) is 5.45. The molecule has 0 saturated carbocycles. The van der Waals surface area contributed by atoms with Crippen LogP contribution in [-0.4, -0.2) is 19.0 Å². The van der Waals surface area contributed by atoms with Crippen LogP contribution < -0.4 is 4.72 Å². The molecule has 0 fully saturated rings. The van der Waals surface area contributed by atoms with Gasteiger partial charge in [-0.3, -0.25) is 9.40 Å². The first-order valence-corrected chi connectivity index (χ1v) is 10.2. The molecule has 4 rings (SSSR count). The Kier molecular flexibility index (Phi) is 4.73. The van der Waals surface area contributed by atoms with Crippen LogP contribution in [0.2, 0.25) is 0 Å². The Morgan fingerprint density at radius 3 is 2.39 bits per heavy atom. The topological polar surface area (TPSA) is 59.8 Å². The van der Waals surface area contributed by atoms with Gasteiger partial charge in [-0.1, -0.05) is 23.8 Å². The first kappa shape index (κ1) is 18.4. The molecule has 5 nitrogen and oxygen atoms in total. The molecule has 2 aromatic carbocycles. The van der Waals surface area contributed by atoms with Crippen LogP contribution in [0.5, 0.6) is 0 Å². The summed E-state index contributed by atoms with van der Waals surface area (Å²) in [6.45, 7) is 6.02. The number of nitrogens with one attached hydrogen (secondary N) is 1. The Hall–Kier alpha value is -2.99. The molecule has 1 atom stereocenters. The molecule has 0 aliphatic heterocycles. The highest BCUT2D eigenvalue weighted by Crippen LogP contribution is 2.25. The van der Waals surface area contributed by atoms with Gasteiger partial charge in [-0.15, -0.1) is 0 Å². The van der Waals surface area contributed by atoms with Crippen LogP contribution in [0, 0.1) is 20.8 Å². The Morgan fingerprint density at radius 1 is 0.964 bits per heavy atom. The molecule has 142 valence electrons. The van der Waals surface area contributed by atoms with Crippen LogP contribution in [0.1, 0.15) is 16.7 Å². The molecule has 0 radical (unpaired) electrons. The second-order valence-corrected chi connectivity index (χ2v) is 8.19. The lowest BCUT2D eigenvalue weighted by atomic mass is 10.1. The highest BCUT2D eigenvalue weighted by atomic mass is 32.2. The highest BCUT2D eigenvalue weighted by Gasteiger charge is 2.13. The van der Waals surface area contributed by atoms with Gasteiger partial charge in [0, 0.05) is 24.2 Å². The number of anilines is 1. The minimum Gasteiger partial charge on any atom is -0.285 e. The monoisotopic (exact) mass is 390 g/mol. The maximum Gasteiger partial charge on any atom is 0.152 e. The smallest absolute Gasteiger partial charge is 0.152 e. The van der Waals surface area contributed by atoms with Crippen molar-refractivity contribution in [3.63, 3.8) is 0 Å². The van der Waals surface area contributed by atoms with E-state index < -0.39 is 11.0 Å². The van der Waals surface area contributed by atoms with Gasteiger partial charge in [0.15, 0.2) is 11.0 Å². The van der Waals surface area contributed by atoms with Gasteiger partial charge in [-0.25, -0.2) is 9.19 Å². The van der Waals surface area contributed by atoms with Gasteiger partial charge in [-0.2, -0.15) is 5.10 Å². The van der Waals surface area contributed by atoms with E-state index in [0.29, 0.717) is 5.82 Å². The SMILES string of the molecule is Cc1cc(C)c(S(=O)Nc2ccc3cc(-c4ccnn4C)ccc3n2)c(C)c1. The third kappa shape index (κ3) is 3.43. The molecular formula is C22H22N4OS. The fourth-order valence-corrected chi connectivity index (χ4v) is 4.71. The Morgan fingerprint density at radius 2 is 1.71 bits per heavy atom. The summed E-state index contributed by atoms with van der Waals surface area (Å²) >= 11 is 0. The summed E-state index contributed by atoms with van der Waals surface area (Å²) in [5.41, 5.74) is 6.20. The van der Waals surface area contributed by atoms with Crippen molar-refractivity contribution in [2.24, 2.45) is 7.05 Å². The lowest BCUT2D eigenvalue weighted by molar-refractivity contribution is 0.685. The van der Waals surface area contributed by atoms with Gasteiger partial charge in [0.05, 0.1) is 16.1 Å². The zero-order valence-corrected chi connectivity index (χ0v) is 17.2. The van der Waals surface area contributed by atoms with Crippen molar-refractivity contribution in [2.75, 3.05) is 4.72 Å². The van der Waals surface area contributed by atoms with Gasteiger partial charge in [0.2, 0.25) is 0 Å². The number of aryl methyl sites for hydroxylation is 4. The number of pyridine rings is 1. The van der Waals surface area contributed by atoms with E-state index in [1.165, 1.54) is 5.56 Å². The van der Waals surface area contributed by atoms with Crippen molar-refractivity contribution in [3.05, 3.63) is 71.4 Å². The minimum absolute atomic E-state index is 0.596. The van der Waals surface area contributed by atoms with Crippen LogP contribution >= 0.6 is 0 Å². The van der Waals surface area contributed by atoms with Crippen molar-refractivity contribution < 1.29 is 4.21 Å². The maximum absolute atomic E-state index is 12.9. The fourth-order valence-electron chi connectivity index (χ4n) is 3.60. The fraction of sp³-hybridized carbons (Fsp3) is 0.182. The Balaban J connectivity index is 1.64. The molecule has 6 heteroatoms. The first-order valence-electron chi connectivity index (χ1n) is 9.08. The molecule has 0 saturated heterocycles. The molecule has 0 bridgehead atoms. The van der Waals surface area contributed by atoms with E-state index in [9.17, 15) is 4.21 Å². The third-order valence-corrected chi connectivity index (χ3v) is 6.20. The van der Waals surface area contributed by atoms with E-state index in [-0.39, 0.29) is 0 Å². The molecule has 0 aliphatic rings. The van der Waals surface area contributed by atoms with Crippen LogP contribution in [0.3, 0.4) is 0 Å². The summed E-state index contributed by atoms with van der Waals surface area (Å²) in [5, 5.41) is 5.25. The van der Waals surface area contributed by atoms with Gasteiger partial charge >= 0.3 is 0 Å². The van der Waals surface area contributed by atoms with Crippen LogP contribution in [-0.2, 0) is 18.0 Å². The van der Waals surface area contributed by atoms with Crippen LogP contribution in [0.25, 0.3) is 22.2 Å². The second kappa shape index (κ2) is 7.20. The van der Waals surface area contributed by atoms with Crippen molar-refractivity contribution >= 4 is 27.7 Å². The van der Waals surface area contributed by atoms with Crippen molar-refractivity contribution in [2.45, 2.75) is 25.7 Å². The first-order chi connectivity index (χ1) is 13.4. The summed E-state index contributed by atoms with van der Waals surface area (Å²) < 4.78 is 17.8. The van der Waals surface area contributed by atoms with Crippen molar-refractivity contribution in [1.82, 2.24) is 14.8 Å². The lowest BCUT2D eigenvalue weighted by Crippen LogP contribution is -2.09. The number of hydrogen-bond acceptors (Lipinski definition) is 3. The second-order valence-electron chi connectivity index (χ2n) is 7.04. The quantitative estimate of drug-likeness (QED) is 0.550. The number of benzene rings is 2. The molecule has 0 aliphatic carbocycles. The van der Waals surface area contributed by atoms with Gasteiger partial charge in [0.25, 0.3) is 0 Å². The van der Waals surface area contributed by atoms with Crippen molar-refractivity contribution in [1.29, 1.82) is 0 Å². The molecule has 2 aromatic heterocycles. The maximum atomic E-state index is 12.9. The molecule has 1 N–H and O–H groups in total. The van der Waals surface area contributed by atoms with E-state index in [1.807, 2.05) is 62.8 Å². The predicted molar refractivity (Wildman–Crippen MR) is 115 cm³/mol. The molecule has 28 heavy (non-hydrogen) atoms. The Bertz CT molecular complexity index is 1190. The zero-order valence-electron chi connectivity index (χ0n) is 16.4. The normalized spacial score (nSPS) is 12.3. The zero-order chi connectivity index (χ0) is 19.8. The molecule has 0 spiro atoms. The summed E-state index contributed by atoms with van der Waals surface area (Å²) in [6, 6.07) is 16.1. The van der Waals surface area contributed by atoms with E-state index >= 15 is 0 Å². The number of nitrogens with zero attached hydrogens (tertiary/aromatic N) is 3. The third-order valence-electron chi connectivity index (χ3n) is 4.79. The van der Waals surface area contributed by atoms with E-state index in [4.69, 9.17) is 0 Å². The summed E-state index contributed by atoms with van der Waals surface area (Å²) in [7, 11) is 0.561. The van der Waals surface area contributed by atoms with Crippen molar-refractivity contribution in [3.8, 4) is 11.3 Å². The molecule has 0 amide bonds. The summed E-state index contributed by atoms with van der Waals surface area (Å²) in [6.07, 6.45) is 1.79. The number of rotatable bonds is 4. The largest absolute Gasteiger partial charge is 0.285 e. The average Bonchev–Trinajstić information content (AvgIpc) is 3.06. The average molecular weight is 391 g/mol. The van der Waals surface area contributed by atoms with Crippen LogP contribution in [0.4, 0.5) is 5.82 Å². The molecular weight excluding hydrogens is 368 g/mol. The molecule has 2 heterocycles. The summed E-state index contributed by atoms with van der Waals surface area (Å²) in [5.74, 6) is 0.596. The molecule has 1 unspecified atom stereocenters. The lowest BCUT2D eigenvalue weighted by Gasteiger charge is -2.12. The van der Waals surface area contributed by atoms with E-state index in [1.54, 1.807) is 6.20 Å². The highest BCUT2D eigenvalue weighted by molar-refractivity contribution is 7.86. The number of hydrogen-bond donors (Lipinski definition) is 1. The van der Waals surface area contributed by atoms with Crippen LogP contribution in [0.15, 0.2) is 59.6 Å². The van der Waals surface area contributed by atoms with Gasteiger partial charge < -0.3 is 0 Å². The van der Waals surface area contributed by atoms with Gasteiger partial charge in [0.1, 0.15) is 5.82 Å². The Labute approximate surface area is 167 Å². The standard InChI is InChI=1S/C22H22N4OS/c1-14-11-15(2)22(16(3)12-14)28(27)25-21-8-6-17-13-18(5-7-19(17)24-21)20-9-10-23-26(20)4/h5-13H,1-4H3,(H,24,25). The number of fused-ring (bicyclic) bond motifs is 1. The minimum atomic E-state index is -1.36. The van der Waals surface area contributed by atoms with Gasteiger partial charge in [-0.05, 0) is 62.2 Å². The van der Waals surface area contributed by atoms with E-state index in [2.05, 4.69) is 33.0 Å². The number of aromatic nitrogens is 3. The van der Waals surface area contributed by atoms with E-state index in [0.717, 1.165) is 38.2 Å². The molecule has 4 aromatic rings. The predicted octanol–water partition coefficient (Wildman–Crippen LogP) is 4.70.